The Bertz CT molecular complexity index is 692. The van der Waals surface area contributed by atoms with Gasteiger partial charge in [0.1, 0.15) is 5.82 Å². The lowest BCUT2D eigenvalue weighted by Gasteiger charge is -2.34. The van der Waals surface area contributed by atoms with Crippen LogP contribution in [0, 0.1) is 0 Å². The van der Waals surface area contributed by atoms with Crippen LogP contribution in [-0.2, 0) is 13.0 Å². The zero-order valence-electron chi connectivity index (χ0n) is 13.4. The number of nitrogens with zero attached hydrogens (tertiary/aromatic N) is 5. The van der Waals surface area contributed by atoms with E-state index in [0.717, 1.165) is 4.57 Å². The van der Waals surface area contributed by atoms with Crippen molar-refractivity contribution in [2.75, 3.05) is 26.2 Å². The van der Waals surface area contributed by atoms with Crippen molar-refractivity contribution >= 4 is 5.91 Å². The van der Waals surface area contributed by atoms with Crippen LogP contribution in [-0.4, -0.2) is 56.4 Å². The Morgan fingerprint density at radius 2 is 2.04 bits per heavy atom. The van der Waals surface area contributed by atoms with Crippen molar-refractivity contribution in [2.24, 2.45) is 0 Å². The second-order valence-corrected chi connectivity index (χ2v) is 5.58. The maximum absolute atomic E-state index is 12.8. The van der Waals surface area contributed by atoms with Gasteiger partial charge in [-0.2, -0.15) is 8.78 Å². The van der Waals surface area contributed by atoms with Gasteiger partial charge in [0, 0.05) is 38.6 Å². The molecule has 1 fully saturated rings. The van der Waals surface area contributed by atoms with Crippen LogP contribution in [0.1, 0.15) is 35.5 Å². The second kappa shape index (κ2) is 7.08. The monoisotopic (exact) mass is 339 g/mol. The Morgan fingerprint density at radius 3 is 2.71 bits per heavy atom. The molecule has 1 aliphatic heterocycles. The third kappa shape index (κ3) is 3.30. The molecule has 1 saturated heterocycles. The average molecular weight is 339 g/mol. The summed E-state index contributed by atoms with van der Waals surface area (Å²) in [6, 6.07) is 0. The Hall–Kier alpha value is -2.29. The molecule has 2 aromatic rings. The summed E-state index contributed by atoms with van der Waals surface area (Å²) in [5.74, 6) is 0.450. The van der Waals surface area contributed by atoms with Crippen LogP contribution >= 0.6 is 0 Å². The van der Waals surface area contributed by atoms with Gasteiger partial charge in [-0.3, -0.25) is 14.3 Å². The van der Waals surface area contributed by atoms with Crippen molar-refractivity contribution < 1.29 is 18.0 Å². The number of alkyl halides is 2. The first-order valence-corrected chi connectivity index (χ1v) is 7.84. The molecule has 3 rings (SSSR count). The minimum atomic E-state index is -2.59. The van der Waals surface area contributed by atoms with E-state index in [1.807, 2.05) is 11.8 Å². The van der Waals surface area contributed by atoms with Crippen molar-refractivity contribution in [3.8, 4) is 0 Å². The van der Waals surface area contributed by atoms with Crippen LogP contribution in [0.3, 0.4) is 0 Å². The molecule has 0 aromatic carbocycles. The molecule has 3 heterocycles. The van der Waals surface area contributed by atoms with Gasteiger partial charge < -0.3 is 9.32 Å². The summed E-state index contributed by atoms with van der Waals surface area (Å²) in [6.07, 6.45) is 4.56. The Kier molecular flexibility index (Phi) is 4.89. The number of hydrogen-bond acceptors (Lipinski definition) is 5. The Labute approximate surface area is 137 Å². The molecule has 0 radical (unpaired) electrons. The number of carbonyl (C=O) groups excluding carboxylic acids is 1. The number of hydrogen-bond donors (Lipinski definition) is 0. The fraction of sp³-hybridized carbons (Fsp3) is 0.533. The smallest absolute Gasteiger partial charge is 0.319 e. The van der Waals surface area contributed by atoms with Gasteiger partial charge in [0.2, 0.25) is 5.76 Å². The lowest BCUT2D eigenvalue weighted by atomic mass is 10.2. The number of aryl methyl sites for hydroxylation is 1. The fourth-order valence-corrected chi connectivity index (χ4v) is 2.79. The molecule has 9 heteroatoms. The molecule has 1 aliphatic rings. The van der Waals surface area contributed by atoms with Crippen molar-refractivity contribution in [3.05, 3.63) is 36.1 Å². The summed E-state index contributed by atoms with van der Waals surface area (Å²) < 4.78 is 31.8. The van der Waals surface area contributed by atoms with E-state index in [0.29, 0.717) is 56.4 Å². The summed E-state index contributed by atoms with van der Waals surface area (Å²) >= 11 is 0. The SMILES string of the molecule is CCc1ncoc1C(=O)N1CCN(Cc2nccn2C(F)F)CC1. The number of oxazole rings is 1. The molecule has 0 atom stereocenters. The number of aromatic nitrogens is 3. The summed E-state index contributed by atoms with van der Waals surface area (Å²) in [5.41, 5.74) is 0.654. The van der Waals surface area contributed by atoms with Crippen molar-refractivity contribution in [1.29, 1.82) is 0 Å². The minimum Gasteiger partial charge on any atom is -0.438 e. The lowest BCUT2D eigenvalue weighted by Crippen LogP contribution is -2.48. The zero-order valence-corrected chi connectivity index (χ0v) is 13.4. The predicted octanol–water partition coefficient (Wildman–Crippen LogP) is 1.79. The molecule has 1 amide bonds. The standard InChI is InChI=1S/C15H19F2N5O2/c1-2-11-13(24-10-19-11)14(23)21-7-5-20(6-8-21)9-12-18-3-4-22(12)15(16)17/h3-4,10,15H,2,5-9H2,1H3. The van der Waals surface area contributed by atoms with E-state index in [2.05, 4.69) is 9.97 Å². The van der Waals surface area contributed by atoms with Crippen molar-refractivity contribution in [1.82, 2.24) is 24.3 Å². The number of imidazole rings is 1. The highest BCUT2D eigenvalue weighted by atomic mass is 19.3. The van der Waals surface area contributed by atoms with E-state index in [4.69, 9.17) is 4.42 Å². The van der Waals surface area contributed by atoms with E-state index >= 15 is 0 Å². The predicted molar refractivity (Wildman–Crippen MR) is 80.5 cm³/mol. The summed E-state index contributed by atoms with van der Waals surface area (Å²) in [5, 5.41) is 0. The Morgan fingerprint density at radius 1 is 1.29 bits per heavy atom. The van der Waals surface area contributed by atoms with Gasteiger partial charge in [-0.25, -0.2) is 9.97 Å². The zero-order chi connectivity index (χ0) is 17.1. The third-order valence-corrected chi connectivity index (χ3v) is 4.15. The van der Waals surface area contributed by atoms with Crippen LogP contribution in [0.4, 0.5) is 8.78 Å². The van der Waals surface area contributed by atoms with Gasteiger partial charge in [-0.1, -0.05) is 6.92 Å². The first-order valence-electron chi connectivity index (χ1n) is 7.84. The number of halogens is 2. The minimum absolute atomic E-state index is 0.168. The maximum atomic E-state index is 12.8. The maximum Gasteiger partial charge on any atom is 0.319 e. The molecule has 24 heavy (non-hydrogen) atoms. The van der Waals surface area contributed by atoms with Crippen molar-refractivity contribution in [2.45, 2.75) is 26.4 Å². The fourth-order valence-electron chi connectivity index (χ4n) is 2.79. The van der Waals surface area contributed by atoms with Crippen LogP contribution < -0.4 is 0 Å². The molecule has 2 aromatic heterocycles. The van der Waals surface area contributed by atoms with E-state index < -0.39 is 6.55 Å². The first-order chi connectivity index (χ1) is 11.6. The molecule has 0 unspecified atom stereocenters. The van der Waals surface area contributed by atoms with E-state index in [9.17, 15) is 13.6 Å². The second-order valence-electron chi connectivity index (χ2n) is 5.58. The molecule has 0 spiro atoms. The summed E-state index contributed by atoms with van der Waals surface area (Å²) in [4.78, 5) is 24.2. The summed E-state index contributed by atoms with van der Waals surface area (Å²) in [7, 11) is 0. The van der Waals surface area contributed by atoms with Gasteiger partial charge in [0.25, 0.3) is 5.91 Å². The highest BCUT2D eigenvalue weighted by Gasteiger charge is 2.27. The van der Waals surface area contributed by atoms with E-state index in [1.165, 1.54) is 18.8 Å². The van der Waals surface area contributed by atoms with Gasteiger partial charge >= 0.3 is 6.55 Å². The molecule has 0 saturated carbocycles. The molecule has 0 aliphatic carbocycles. The third-order valence-electron chi connectivity index (χ3n) is 4.15. The largest absolute Gasteiger partial charge is 0.438 e. The Balaban J connectivity index is 1.58. The van der Waals surface area contributed by atoms with Gasteiger partial charge in [-0.05, 0) is 6.42 Å². The van der Waals surface area contributed by atoms with Gasteiger partial charge in [0.15, 0.2) is 6.39 Å². The first kappa shape index (κ1) is 16.6. The summed E-state index contributed by atoms with van der Waals surface area (Å²) in [6.45, 7) is 1.87. The molecular formula is C15H19F2N5O2. The van der Waals surface area contributed by atoms with E-state index in [-0.39, 0.29) is 5.91 Å². The van der Waals surface area contributed by atoms with E-state index in [1.54, 1.807) is 4.90 Å². The van der Waals surface area contributed by atoms with Crippen LogP contribution in [0.5, 0.6) is 0 Å². The van der Waals surface area contributed by atoms with Crippen molar-refractivity contribution in [3.63, 3.8) is 0 Å². The highest BCUT2D eigenvalue weighted by molar-refractivity contribution is 5.92. The normalized spacial score (nSPS) is 16.1. The average Bonchev–Trinajstić information content (AvgIpc) is 3.23. The number of rotatable bonds is 5. The topological polar surface area (TPSA) is 67.4 Å². The number of carbonyl (C=O) groups is 1. The molecule has 7 nitrogen and oxygen atoms in total. The quantitative estimate of drug-likeness (QED) is 0.831. The number of amides is 1. The van der Waals surface area contributed by atoms with Crippen LogP contribution in [0.25, 0.3) is 0 Å². The molecular weight excluding hydrogens is 320 g/mol. The van der Waals surface area contributed by atoms with Gasteiger partial charge in [0.05, 0.1) is 12.2 Å². The lowest BCUT2D eigenvalue weighted by molar-refractivity contribution is 0.0537. The van der Waals surface area contributed by atoms with Crippen LogP contribution in [0.15, 0.2) is 23.2 Å². The van der Waals surface area contributed by atoms with Crippen LogP contribution in [0.2, 0.25) is 0 Å². The number of piperazine rings is 1. The van der Waals surface area contributed by atoms with Gasteiger partial charge in [-0.15, -0.1) is 0 Å². The molecule has 0 bridgehead atoms. The molecule has 130 valence electrons. The highest BCUT2D eigenvalue weighted by Crippen LogP contribution is 2.16. The molecule has 0 N–H and O–H groups in total.